The number of H-pyrrole nitrogens is 1. The van der Waals surface area contributed by atoms with Crippen LogP contribution in [0.4, 0.5) is 5.69 Å². The van der Waals surface area contributed by atoms with Crippen molar-refractivity contribution in [3.63, 3.8) is 0 Å². The fourth-order valence-electron chi connectivity index (χ4n) is 4.03. The maximum atomic E-state index is 11.6. The van der Waals surface area contributed by atoms with Crippen molar-refractivity contribution in [2.75, 3.05) is 18.8 Å². The second-order valence-corrected chi connectivity index (χ2v) is 8.71. The highest BCUT2D eigenvalue weighted by atomic mass is 16.4. The van der Waals surface area contributed by atoms with Gasteiger partial charge < -0.3 is 32.2 Å². The van der Waals surface area contributed by atoms with Gasteiger partial charge in [0.1, 0.15) is 5.69 Å². The molecule has 3 aromatic rings. The Hall–Kier alpha value is -3.92. The number of rotatable bonds is 10. The van der Waals surface area contributed by atoms with Crippen molar-refractivity contribution >= 4 is 34.4 Å². The van der Waals surface area contributed by atoms with Crippen molar-refractivity contribution in [3.05, 3.63) is 59.0 Å². The number of hydrogen-bond donors (Lipinski definition) is 6. The number of amides is 2. The van der Waals surface area contributed by atoms with Gasteiger partial charge in [0, 0.05) is 61.2 Å². The molecule has 1 aliphatic rings. The Morgan fingerprint density at radius 2 is 1.86 bits per heavy atom. The van der Waals surface area contributed by atoms with Gasteiger partial charge in [0.2, 0.25) is 5.91 Å². The highest BCUT2D eigenvalue weighted by molar-refractivity contribution is 6.06. The van der Waals surface area contributed by atoms with E-state index in [1.54, 1.807) is 0 Å². The van der Waals surface area contributed by atoms with Crippen molar-refractivity contribution in [1.82, 2.24) is 20.6 Å². The molecule has 8 N–H and O–H groups in total. The van der Waals surface area contributed by atoms with Gasteiger partial charge in [0.15, 0.2) is 0 Å². The molecule has 0 spiro atoms. The zero-order chi connectivity index (χ0) is 25.9. The van der Waals surface area contributed by atoms with Crippen molar-refractivity contribution < 1.29 is 19.5 Å². The van der Waals surface area contributed by atoms with E-state index in [2.05, 4.69) is 27.8 Å². The lowest BCUT2D eigenvalue weighted by Crippen LogP contribution is -2.25. The second-order valence-electron chi connectivity index (χ2n) is 8.71. The van der Waals surface area contributed by atoms with Gasteiger partial charge in [-0.3, -0.25) is 19.4 Å². The predicted molar refractivity (Wildman–Crippen MR) is 138 cm³/mol. The molecule has 0 atom stereocenters. The number of primary amides is 1. The van der Waals surface area contributed by atoms with Crippen LogP contribution in [0.25, 0.3) is 10.9 Å². The Balaban J connectivity index is 0.000000233. The van der Waals surface area contributed by atoms with Crippen molar-refractivity contribution in [2.45, 2.75) is 51.5 Å². The lowest BCUT2D eigenvalue weighted by Gasteiger charge is -2.16. The minimum absolute atomic E-state index is 0.000127. The summed E-state index contributed by atoms with van der Waals surface area (Å²) < 4.78 is 0. The number of aryl methyl sites for hydroxylation is 1. The Morgan fingerprint density at radius 3 is 2.61 bits per heavy atom. The van der Waals surface area contributed by atoms with E-state index < -0.39 is 11.9 Å². The number of carbonyl (C=O) groups excluding carboxylic acids is 2. The number of benzene rings is 1. The fourth-order valence-corrected chi connectivity index (χ4v) is 4.03. The maximum Gasteiger partial charge on any atom is 0.303 e. The number of carbonyl (C=O) groups is 3. The summed E-state index contributed by atoms with van der Waals surface area (Å²) in [6.07, 6.45) is 4.71. The molecule has 0 aliphatic carbocycles. The first-order chi connectivity index (χ1) is 17.3. The minimum atomic E-state index is -0.826. The highest BCUT2D eigenvalue weighted by Crippen LogP contribution is 2.23. The summed E-state index contributed by atoms with van der Waals surface area (Å²) >= 11 is 0. The number of aliphatic carboxylic acids is 1. The molecule has 1 aromatic carbocycles. The third kappa shape index (κ3) is 7.81. The van der Waals surface area contributed by atoms with E-state index in [0.717, 1.165) is 55.4 Å². The maximum absolute atomic E-state index is 11.6. The summed E-state index contributed by atoms with van der Waals surface area (Å²) in [6.45, 7) is 2.34. The average Bonchev–Trinajstić information content (AvgIpc) is 3.21. The highest BCUT2D eigenvalue weighted by Gasteiger charge is 2.12. The Labute approximate surface area is 209 Å². The van der Waals surface area contributed by atoms with E-state index in [-0.39, 0.29) is 18.0 Å². The lowest BCUT2D eigenvalue weighted by molar-refractivity contribution is -0.137. The van der Waals surface area contributed by atoms with E-state index in [0.29, 0.717) is 25.1 Å². The number of carboxylic acids is 1. The molecule has 3 heterocycles. The summed E-state index contributed by atoms with van der Waals surface area (Å²) in [4.78, 5) is 40.4. The summed E-state index contributed by atoms with van der Waals surface area (Å²) in [5.41, 5.74) is 16.0. The third-order valence-corrected chi connectivity index (χ3v) is 5.95. The summed E-state index contributed by atoms with van der Waals surface area (Å²) in [5, 5.41) is 15.4. The molecule has 4 rings (SSSR count). The third-order valence-electron chi connectivity index (χ3n) is 5.95. The van der Waals surface area contributed by atoms with Gasteiger partial charge in [-0.15, -0.1) is 0 Å². The van der Waals surface area contributed by atoms with Crippen LogP contribution in [0.1, 0.15) is 59.5 Å². The van der Waals surface area contributed by atoms with Gasteiger partial charge in [-0.25, -0.2) is 0 Å². The number of pyridine rings is 1. The molecular formula is C26H34N6O4. The minimum Gasteiger partial charge on any atom is -0.481 e. The van der Waals surface area contributed by atoms with Gasteiger partial charge in [-0.1, -0.05) is 24.3 Å². The number of nitrogens with one attached hydrogen (secondary N) is 3. The SMILES string of the molecule is NC(=O)c1[nH]c2ccccc2c1N.O=C(O)CCCNC(=O)CCCCc1ccc2c(n1)CCNC2. The van der Waals surface area contributed by atoms with E-state index in [9.17, 15) is 14.4 Å². The van der Waals surface area contributed by atoms with Gasteiger partial charge >= 0.3 is 5.97 Å². The molecule has 0 saturated carbocycles. The number of nitrogens with two attached hydrogens (primary N) is 2. The van der Waals surface area contributed by atoms with E-state index >= 15 is 0 Å². The Kier molecular flexibility index (Phi) is 9.82. The van der Waals surface area contributed by atoms with Crippen LogP contribution < -0.4 is 22.1 Å². The van der Waals surface area contributed by atoms with Crippen LogP contribution in [0.2, 0.25) is 0 Å². The number of anilines is 1. The largest absolute Gasteiger partial charge is 0.481 e. The van der Waals surface area contributed by atoms with Gasteiger partial charge in [-0.05, 0) is 43.4 Å². The van der Waals surface area contributed by atoms with Gasteiger partial charge in [0.05, 0.1) is 5.69 Å². The van der Waals surface area contributed by atoms with Crippen LogP contribution in [-0.4, -0.2) is 45.9 Å². The molecule has 0 radical (unpaired) electrons. The Morgan fingerprint density at radius 1 is 1.06 bits per heavy atom. The number of carboxylic acid groups (broad SMARTS) is 1. The lowest BCUT2D eigenvalue weighted by atomic mass is 10.0. The smallest absolute Gasteiger partial charge is 0.303 e. The van der Waals surface area contributed by atoms with Crippen molar-refractivity contribution in [2.24, 2.45) is 5.73 Å². The van der Waals surface area contributed by atoms with Crippen LogP contribution >= 0.6 is 0 Å². The van der Waals surface area contributed by atoms with Crippen molar-refractivity contribution in [1.29, 1.82) is 0 Å². The first-order valence-electron chi connectivity index (χ1n) is 12.2. The fraction of sp³-hybridized carbons (Fsp3) is 0.385. The number of unbranched alkanes of at least 4 members (excludes halogenated alkanes) is 1. The first kappa shape index (κ1) is 26.7. The summed E-state index contributed by atoms with van der Waals surface area (Å²) in [5.74, 6) is -1.36. The van der Waals surface area contributed by atoms with Gasteiger partial charge in [0.25, 0.3) is 5.91 Å². The van der Waals surface area contributed by atoms with Crippen LogP contribution in [0.15, 0.2) is 36.4 Å². The topological polar surface area (TPSA) is 176 Å². The normalized spacial score (nSPS) is 12.3. The molecule has 0 unspecified atom stereocenters. The van der Waals surface area contributed by atoms with Gasteiger partial charge in [-0.2, -0.15) is 0 Å². The molecule has 2 aromatic heterocycles. The van der Waals surface area contributed by atoms with Crippen LogP contribution in [0, 0.1) is 0 Å². The van der Waals surface area contributed by atoms with Crippen LogP contribution in [-0.2, 0) is 29.0 Å². The number of nitrogens with zero attached hydrogens (tertiary/aromatic N) is 1. The number of fused-ring (bicyclic) bond motifs is 2. The van der Waals surface area contributed by atoms with Crippen LogP contribution in [0.5, 0.6) is 0 Å². The second kappa shape index (κ2) is 13.2. The van der Waals surface area contributed by atoms with E-state index in [4.69, 9.17) is 21.6 Å². The number of aromatic amines is 1. The van der Waals surface area contributed by atoms with Crippen LogP contribution in [0.3, 0.4) is 0 Å². The molecule has 192 valence electrons. The van der Waals surface area contributed by atoms with Crippen molar-refractivity contribution in [3.8, 4) is 0 Å². The molecule has 0 fully saturated rings. The molecule has 10 heteroatoms. The zero-order valence-electron chi connectivity index (χ0n) is 20.3. The van der Waals surface area contributed by atoms with E-state index in [1.165, 1.54) is 11.3 Å². The summed E-state index contributed by atoms with van der Waals surface area (Å²) in [7, 11) is 0. The predicted octanol–water partition coefficient (Wildman–Crippen LogP) is 2.27. The number of nitrogen functional groups attached to an aromatic ring is 1. The molecule has 2 amide bonds. The van der Waals surface area contributed by atoms with E-state index in [1.807, 2.05) is 24.3 Å². The molecule has 10 nitrogen and oxygen atoms in total. The molecule has 0 saturated heterocycles. The zero-order valence-corrected chi connectivity index (χ0v) is 20.3. The quantitative estimate of drug-likeness (QED) is 0.234. The number of aromatic nitrogens is 2. The molecule has 36 heavy (non-hydrogen) atoms. The average molecular weight is 495 g/mol. The Bertz CT molecular complexity index is 1210. The summed E-state index contributed by atoms with van der Waals surface area (Å²) in [6, 6.07) is 11.6. The number of hydrogen-bond acceptors (Lipinski definition) is 6. The molecular weight excluding hydrogens is 460 g/mol. The first-order valence-corrected chi connectivity index (χ1v) is 12.2. The number of para-hydroxylation sites is 1. The monoisotopic (exact) mass is 494 g/mol. The molecule has 0 bridgehead atoms. The standard InChI is InChI=1S/C17H25N3O3.C9H9N3O/c21-16(19-10-3-6-17(22)23)5-2-1-4-14-8-7-13-12-18-11-9-15(13)20-14;10-7-5-3-1-2-4-6(5)12-8(7)9(11)13/h7-8,18H,1-6,9-12H2,(H,19,21)(H,22,23);1-4,12H,10H2,(H2,11,13). The molecule has 1 aliphatic heterocycles.